The smallest absolute Gasteiger partial charge is 0.123 e. The zero-order valence-corrected chi connectivity index (χ0v) is 13.0. The number of hydrogen-bond acceptors (Lipinski definition) is 2. The van der Waals surface area contributed by atoms with Crippen LogP contribution in [0.25, 0.3) is 10.4 Å². The van der Waals surface area contributed by atoms with E-state index in [-0.39, 0.29) is 29.7 Å². The first kappa shape index (κ1) is 16.4. The summed E-state index contributed by atoms with van der Waals surface area (Å²) in [7, 11) is 0. The average molecular weight is 329 g/mol. The molecule has 1 aliphatic rings. The first-order valence-electron chi connectivity index (χ1n) is 7.84. The topological polar surface area (TPSA) is 58.0 Å². The molecule has 1 heterocycles. The van der Waals surface area contributed by atoms with E-state index in [9.17, 15) is 8.78 Å². The van der Waals surface area contributed by atoms with Crippen LogP contribution in [0.3, 0.4) is 0 Å². The van der Waals surface area contributed by atoms with Crippen molar-refractivity contribution in [1.82, 2.24) is 0 Å². The maximum absolute atomic E-state index is 13.3. The number of rotatable bonds is 4. The molecule has 0 amide bonds. The Morgan fingerprint density at radius 3 is 2.04 bits per heavy atom. The van der Waals surface area contributed by atoms with E-state index in [2.05, 4.69) is 10.0 Å². The van der Waals surface area contributed by atoms with Crippen LogP contribution in [-0.4, -0.2) is 18.8 Å². The van der Waals surface area contributed by atoms with Gasteiger partial charge >= 0.3 is 0 Å². The zero-order chi connectivity index (χ0) is 16.9. The summed E-state index contributed by atoms with van der Waals surface area (Å²) in [5, 5.41) is 3.81. The Bertz CT molecular complexity index is 681. The highest BCUT2D eigenvalue weighted by molar-refractivity contribution is 5.34. The molecule has 124 valence electrons. The van der Waals surface area contributed by atoms with Gasteiger partial charge in [-0.2, -0.15) is 0 Å². The summed E-state index contributed by atoms with van der Waals surface area (Å²) in [6, 6.07) is 12.3. The lowest BCUT2D eigenvalue weighted by Gasteiger charge is -2.34. The molecule has 0 saturated carbocycles. The minimum absolute atomic E-state index is 0.128. The van der Waals surface area contributed by atoms with Crippen molar-refractivity contribution in [2.75, 3.05) is 6.61 Å². The van der Waals surface area contributed by atoms with E-state index in [1.165, 1.54) is 24.3 Å². The van der Waals surface area contributed by atoms with E-state index in [1.54, 1.807) is 24.3 Å². The van der Waals surface area contributed by atoms with E-state index in [4.69, 9.17) is 10.3 Å². The number of nitrogens with zero attached hydrogens (tertiary/aromatic N) is 3. The third-order valence-electron chi connectivity index (χ3n) is 4.33. The van der Waals surface area contributed by atoms with Gasteiger partial charge in [-0.15, -0.1) is 0 Å². The molecular formula is C18H17F2N3O. The lowest BCUT2D eigenvalue weighted by molar-refractivity contribution is -0.00135. The lowest BCUT2D eigenvalue weighted by Crippen LogP contribution is -2.33. The second-order valence-corrected chi connectivity index (χ2v) is 5.87. The Kier molecular flexibility index (Phi) is 5.08. The molecule has 2 aromatic carbocycles. The number of azide groups is 1. The molecule has 2 aromatic rings. The van der Waals surface area contributed by atoms with Gasteiger partial charge in [0.2, 0.25) is 0 Å². The van der Waals surface area contributed by atoms with Crippen molar-refractivity contribution in [3.8, 4) is 0 Å². The van der Waals surface area contributed by atoms with Gasteiger partial charge in [-0.05, 0) is 53.8 Å². The molecule has 4 nitrogen and oxygen atoms in total. The predicted octanol–water partition coefficient (Wildman–Crippen LogP) is 4.95. The van der Waals surface area contributed by atoms with Crippen molar-refractivity contribution in [1.29, 1.82) is 0 Å². The van der Waals surface area contributed by atoms with Crippen molar-refractivity contribution in [2.24, 2.45) is 5.11 Å². The SMILES string of the molecule is [N-]=[N+]=N[C@@H]1CCOC(C(c2ccc(F)cc2)c2ccc(F)cc2)C1. The van der Waals surface area contributed by atoms with Gasteiger partial charge in [0, 0.05) is 23.5 Å². The summed E-state index contributed by atoms with van der Waals surface area (Å²) in [5.41, 5.74) is 10.4. The van der Waals surface area contributed by atoms with Crippen LogP contribution in [0, 0.1) is 11.6 Å². The van der Waals surface area contributed by atoms with Gasteiger partial charge in [-0.25, -0.2) is 8.78 Å². The molecule has 3 rings (SSSR count). The van der Waals surface area contributed by atoms with Crippen LogP contribution in [0.2, 0.25) is 0 Å². The van der Waals surface area contributed by atoms with Crippen molar-refractivity contribution < 1.29 is 13.5 Å². The summed E-state index contributed by atoms with van der Waals surface area (Å²) >= 11 is 0. The van der Waals surface area contributed by atoms with Crippen molar-refractivity contribution in [2.45, 2.75) is 30.9 Å². The van der Waals surface area contributed by atoms with Gasteiger partial charge in [0.05, 0.1) is 6.10 Å². The molecule has 1 saturated heterocycles. The van der Waals surface area contributed by atoms with Crippen LogP contribution >= 0.6 is 0 Å². The molecule has 0 aromatic heterocycles. The summed E-state index contributed by atoms with van der Waals surface area (Å²) in [6.07, 6.45) is 1.04. The summed E-state index contributed by atoms with van der Waals surface area (Å²) in [4.78, 5) is 2.89. The van der Waals surface area contributed by atoms with E-state index in [0.29, 0.717) is 19.4 Å². The predicted molar refractivity (Wildman–Crippen MR) is 86.6 cm³/mol. The van der Waals surface area contributed by atoms with Crippen LogP contribution < -0.4 is 0 Å². The molecular weight excluding hydrogens is 312 g/mol. The zero-order valence-electron chi connectivity index (χ0n) is 13.0. The van der Waals surface area contributed by atoms with Crippen LogP contribution in [0.5, 0.6) is 0 Å². The molecule has 0 radical (unpaired) electrons. The summed E-state index contributed by atoms with van der Waals surface area (Å²) in [5.74, 6) is -0.802. The maximum atomic E-state index is 13.3. The Morgan fingerprint density at radius 2 is 1.54 bits per heavy atom. The highest BCUT2D eigenvalue weighted by Crippen LogP contribution is 2.35. The van der Waals surface area contributed by atoms with Gasteiger partial charge in [0.25, 0.3) is 0 Å². The summed E-state index contributed by atoms with van der Waals surface area (Å²) in [6.45, 7) is 0.493. The molecule has 1 fully saturated rings. The Morgan fingerprint density at radius 1 is 1.00 bits per heavy atom. The average Bonchev–Trinajstić information content (AvgIpc) is 2.59. The normalized spacial score (nSPS) is 20.6. The van der Waals surface area contributed by atoms with E-state index >= 15 is 0 Å². The van der Waals surface area contributed by atoms with Crippen LogP contribution in [0.1, 0.15) is 29.9 Å². The third-order valence-corrected chi connectivity index (χ3v) is 4.33. The number of ether oxygens (including phenoxy) is 1. The van der Waals surface area contributed by atoms with Crippen molar-refractivity contribution in [3.05, 3.63) is 81.7 Å². The Hall–Kier alpha value is -2.43. The maximum Gasteiger partial charge on any atom is 0.123 e. The third kappa shape index (κ3) is 3.72. The van der Waals surface area contributed by atoms with E-state index in [0.717, 1.165) is 11.1 Å². The molecule has 0 bridgehead atoms. The fourth-order valence-electron chi connectivity index (χ4n) is 3.18. The minimum atomic E-state index is -0.312. The Labute approximate surface area is 138 Å². The standard InChI is InChI=1S/C18H17F2N3O/c19-14-5-1-12(2-6-14)18(13-3-7-15(20)8-4-13)17-11-16(22-23-21)9-10-24-17/h1-8,16-18H,9-11H2/t16-,17?/m1/s1. The highest BCUT2D eigenvalue weighted by Gasteiger charge is 2.31. The monoisotopic (exact) mass is 329 g/mol. The second-order valence-electron chi connectivity index (χ2n) is 5.87. The quantitative estimate of drug-likeness (QED) is 0.444. The fraction of sp³-hybridized carbons (Fsp3) is 0.333. The number of hydrogen-bond donors (Lipinski definition) is 0. The molecule has 0 N–H and O–H groups in total. The lowest BCUT2D eigenvalue weighted by atomic mass is 9.82. The summed E-state index contributed by atoms with van der Waals surface area (Å²) < 4.78 is 32.5. The molecule has 0 spiro atoms. The van der Waals surface area contributed by atoms with E-state index < -0.39 is 0 Å². The molecule has 24 heavy (non-hydrogen) atoms. The second kappa shape index (κ2) is 7.43. The van der Waals surface area contributed by atoms with Crippen LogP contribution in [-0.2, 0) is 4.74 Å². The molecule has 2 atom stereocenters. The largest absolute Gasteiger partial charge is 0.377 e. The van der Waals surface area contributed by atoms with Gasteiger partial charge in [0.1, 0.15) is 11.6 Å². The molecule has 6 heteroatoms. The Balaban J connectivity index is 1.96. The first-order valence-corrected chi connectivity index (χ1v) is 7.84. The fourth-order valence-corrected chi connectivity index (χ4v) is 3.18. The molecule has 1 unspecified atom stereocenters. The van der Waals surface area contributed by atoms with Gasteiger partial charge in [-0.3, -0.25) is 0 Å². The van der Waals surface area contributed by atoms with Gasteiger partial charge in [-0.1, -0.05) is 29.4 Å². The van der Waals surface area contributed by atoms with Crippen LogP contribution in [0.15, 0.2) is 53.6 Å². The minimum Gasteiger partial charge on any atom is -0.377 e. The van der Waals surface area contributed by atoms with Gasteiger partial charge < -0.3 is 4.74 Å². The van der Waals surface area contributed by atoms with Crippen LogP contribution in [0.4, 0.5) is 8.78 Å². The van der Waals surface area contributed by atoms with Gasteiger partial charge in [0.15, 0.2) is 0 Å². The highest BCUT2D eigenvalue weighted by atomic mass is 19.1. The first-order chi connectivity index (χ1) is 11.7. The number of halogens is 2. The van der Waals surface area contributed by atoms with Crippen molar-refractivity contribution in [3.63, 3.8) is 0 Å². The van der Waals surface area contributed by atoms with Crippen molar-refractivity contribution >= 4 is 0 Å². The molecule has 0 aliphatic carbocycles. The number of benzene rings is 2. The van der Waals surface area contributed by atoms with E-state index in [1.807, 2.05) is 0 Å². The molecule has 1 aliphatic heterocycles.